The summed E-state index contributed by atoms with van der Waals surface area (Å²) in [7, 11) is 2.82. The van der Waals surface area contributed by atoms with Crippen molar-refractivity contribution in [3.8, 4) is 11.5 Å². The van der Waals surface area contributed by atoms with E-state index in [9.17, 15) is 14.9 Å². The average Bonchev–Trinajstić information content (AvgIpc) is 2.64. The van der Waals surface area contributed by atoms with Gasteiger partial charge in [0.2, 0.25) is 5.91 Å². The van der Waals surface area contributed by atoms with E-state index in [1.807, 2.05) is 0 Å². The van der Waals surface area contributed by atoms with E-state index in [0.717, 1.165) is 5.56 Å². The van der Waals surface area contributed by atoms with E-state index >= 15 is 0 Å². The van der Waals surface area contributed by atoms with E-state index in [0.29, 0.717) is 17.3 Å². The highest BCUT2D eigenvalue weighted by Crippen LogP contribution is 2.35. The molecule has 0 heterocycles. The van der Waals surface area contributed by atoms with Crippen molar-refractivity contribution in [3.05, 3.63) is 68.7 Å². The van der Waals surface area contributed by atoms with Gasteiger partial charge >= 0.3 is 0 Å². The number of hydrogen-bond donors (Lipinski definition) is 1. The van der Waals surface area contributed by atoms with Crippen LogP contribution in [0.15, 0.2) is 42.5 Å². The zero-order valence-corrected chi connectivity index (χ0v) is 14.9. The van der Waals surface area contributed by atoms with Crippen LogP contribution in [-0.4, -0.2) is 25.1 Å². The van der Waals surface area contributed by atoms with Crippen molar-refractivity contribution in [3.63, 3.8) is 0 Å². The topological polar surface area (TPSA) is 90.7 Å². The first-order chi connectivity index (χ1) is 12.4. The number of rotatable bonds is 7. The molecule has 0 aromatic heterocycles. The van der Waals surface area contributed by atoms with Gasteiger partial charge in [0.25, 0.3) is 5.69 Å². The van der Waals surface area contributed by atoms with Gasteiger partial charge in [0.15, 0.2) is 11.5 Å². The molecular weight excluding hydrogens is 360 g/mol. The summed E-state index contributed by atoms with van der Waals surface area (Å²) >= 11 is 5.81. The van der Waals surface area contributed by atoms with E-state index in [1.165, 1.54) is 38.5 Å². The zero-order chi connectivity index (χ0) is 19.1. The number of nitro benzene ring substituents is 1. The van der Waals surface area contributed by atoms with Crippen molar-refractivity contribution in [1.82, 2.24) is 5.32 Å². The van der Waals surface area contributed by atoms with E-state index in [-0.39, 0.29) is 22.9 Å². The Hall–Kier alpha value is -3.06. The molecule has 0 spiro atoms. The molecule has 0 aliphatic carbocycles. The van der Waals surface area contributed by atoms with E-state index in [2.05, 4.69) is 5.32 Å². The summed E-state index contributed by atoms with van der Waals surface area (Å²) in [6.45, 7) is 0.314. The number of nitrogens with one attached hydrogen (secondary N) is 1. The first-order valence-corrected chi connectivity index (χ1v) is 7.93. The molecule has 2 aromatic rings. The Morgan fingerprint density at radius 3 is 2.38 bits per heavy atom. The normalized spacial score (nSPS) is 10.6. The van der Waals surface area contributed by atoms with Gasteiger partial charge in [-0.25, -0.2) is 0 Å². The third kappa shape index (κ3) is 4.97. The molecule has 0 aliphatic rings. The molecule has 1 N–H and O–H groups in total. The molecule has 0 bridgehead atoms. The van der Waals surface area contributed by atoms with Crippen LogP contribution >= 0.6 is 11.6 Å². The molecule has 1 amide bonds. The zero-order valence-electron chi connectivity index (χ0n) is 14.2. The summed E-state index contributed by atoms with van der Waals surface area (Å²) < 4.78 is 10.2. The fourth-order valence-corrected chi connectivity index (χ4v) is 2.32. The smallest absolute Gasteiger partial charge is 0.280 e. The number of nitro groups is 1. The lowest BCUT2D eigenvalue weighted by Gasteiger charge is -2.08. The minimum absolute atomic E-state index is 0.190. The second-order valence-corrected chi connectivity index (χ2v) is 5.64. The number of nitrogens with zero attached hydrogens (tertiary/aromatic N) is 1. The maximum absolute atomic E-state index is 12.0. The van der Waals surface area contributed by atoms with Gasteiger partial charge in [-0.05, 0) is 29.8 Å². The van der Waals surface area contributed by atoms with Crippen molar-refractivity contribution >= 4 is 29.3 Å². The van der Waals surface area contributed by atoms with Crippen molar-refractivity contribution in [2.24, 2.45) is 0 Å². The lowest BCUT2D eigenvalue weighted by atomic mass is 10.1. The second-order valence-electron chi connectivity index (χ2n) is 5.20. The minimum atomic E-state index is -0.548. The van der Waals surface area contributed by atoms with Crippen molar-refractivity contribution in [2.75, 3.05) is 14.2 Å². The van der Waals surface area contributed by atoms with Crippen molar-refractivity contribution < 1.29 is 19.2 Å². The molecule has 0 saturated carbocycles. The maximum atomic E-state index is 12.0. The van der Waals surface area contributed by atoms with E-state index in [4.69, 9.17) is 21.1 Å². The van der Waals surface area contributed by atoms with Crippen LogP contribution < -0.4 is 14.8 Å². The Kier molecular flexibility index (Phi) is 6.57. The maximum Gasteiger partial charge on any atom is 0.280 e. The van der Waals surface area contributed by atoms with E-state index < -0.39 is 4.92 Å². The molecule has 0 radical (unpaired) electrons. The van der Waals surface area contributed by atoms with Gasteiger partial charge in [-0.3, -0.25) is 14.9 Å². The summed E-state index contributed by atoms with van der Waals surface area (Å²) in [5, 5.41) is 14.5. The summed E-state index contributed by atoms with van der Waals surface area (Å²) in [5.41, 5.74) is 0.923. The number of benzene rings is 2. The van der Waals surface area contributed by atoms with Crippen LogP contribution in [0.2, 0.25) is 5.02 Å². The standard InChI is InChI=1S/C18H17ClN2O5/c1-25-16-9-13(15(21(23)24)10-17(16)26-2)5-8-18(22)20-11-12-3-6-14(19)7-4-12/h3-10H,11H2,1-2H3,(H,20,22). The Labute approximate surface area is 155 Å². The van der Waals surface area contributed by atoms with Gasteiger partial charge in [0.1, 0.15) is 0 Å². The van der Waals surface area contributed by atoms with Gasteiger partial charge in [-0.1, -0.05) is 23.7 Å². The van der Waals surface area contributed by atoms with Crippen LogP contribution in [0.4, 0.5) is 5.69 Å². The number of methoxy groups -OCH3 is 2. The Balaban J connectivity index is 2.13. The highest BCUT2D eigenvalue weighted by Gasteiger charge is 2.18. The third-order valence-electron chi connectivity index (χ3n) is 3.52. The first kappa shape index (κ1) is 19.3. The first-order valence-electron chi connectivity index (χ1n) is 7.55. The molecule has 26 heavy (non-hydrogen) atoms. The molecule has 0 fully saturated rings. The number of amides is 1. The Bertz CT molecular complexity index is 834. The number of hydrogen-bond acceptors (Lipinski definition) is 5. The molecule has 7 nitrogen and oxygen atoms in total. The Morgan fingerprint density at radius 1 is 1.19 bits per heavy atom. The molecule has 0 atom stereocenters. The van der Waals surface area contributed by atoms with Gasteiger partial charge in [0.05, 0.1) is 30.8 Å². The van der Waals surface area contributed by atoms with Crippen molar-refractivity contribution in [1.29, 1.82) is 0 Å². The lowest BCUT2D eigenvalue weighted by molar-refractivity contribution is -0.385. The van der Waals surface area contributed by atoms with Crippen LogP contribution in [0.5, 0.6) is 11.5 Å². The molecule has 0 unspecified atom stereocenters. The number of carbonyl (C=O) groups excluding carboxylic acids is 1. The fourth-order valence-electron chi connectivity index (χ4n) is 2.19. The fraction of sp³-hybridized carbons (Fsp3) is 0.167. The summed E-state index contributed by atoms with van der Waals surface area (Å²) in [6.07, 6.45) is 2.58. The lowest BCUT2D eigenvalue weighted by Crippen LogP contribution is -2.20. The van der Waals surface area contributed by atoms with Crippen LogP contribution in [0, 0.1) is 10.1 Å². The van der Waals surface area contributed by atoms with Crippen LogP contribution in [-0.2, 0) is 11.3 Å². The predicted octanol–water partition coefficient (Wildman–Crippen LogP) is 3.60. The molecule has 0 aliphatic heterocycles. The van der Waals surface area contributed by atoms with Crippen LogP contribution in [0.3, 0.4) is 0 Å². The second kappa shape index (κ2) is 8.87. The molecule has 8 heteroatoms. The van der Waals surface area contributed by atoms with Crippen LogP contribution in [0.1, 0.15) is 11.1 Å². The molecule has 2 rings (SSSR count). The SMILES string of the molecule is COc1cc(C=CC(=O)NCc2ccc(Cl)cc2)c([N+](=O)[O-])cc1OC. The highest BCUT2D eigenvalue weighted by atomic mass is 35.5. The molecule has 0 saturated heterocycles. The highest BCUT2D eigenvalue weighted by molar-refractivity contribution is 6.30. The minimum Gasteiger partial charge on any atom is -0.493 e. The quantitative estimate of drug-likeness (QED) is 0.453. The van der Waals surface area contributed by atoms with Crippen molar-refractivity contribution in [2.45, 2.75) is 6.54 Å². The number of ether oxygens (including phenoxy) is 2. The predicted molar refractivity (Wildman–Crippen MR) is 98.5 cm³/mol. The summed E-state index contributed by atoms with van der Waals surface area (Å²) in [4.78, 5) is 22.7. The third-order valence-corrected chi connectivity index (χ3v) is 3.78. The van der Waals surface area contributed by atoms with Gasteiger partial charge in [0, 0.05) is 17.6 Å². The average molecular weight is 377 g/mol. The molecular formula is C18H17ClN2O5. The van der Waals surface area contributed by atoms with Gasteiger partial charge in [-0.2, -0.15) is 0 Å². The van der Waals surface area contributed by atoms with Gasteiger partial charge in [-0.15, -0.1) is 0 Å². The van der Waals surface area contributed by atoms with Gasteiger partial charge < -0.3 is 14.8 Å². The Morgan fingerprint density at radius 2 is 1.81 bits per heavy atom. The van der Waals surface area contributed by atoms with E-state index in [1.54, 1.807) is 24.3 Å². The number of halogens is 1. The molecule has 2 aromatic carbocycles. The van der Waals surface area contributed by atoms with Crippen LogP contribution in [0.25, 0.3) is 6.08 Å². The number of carbonyl (C=O) groups is 1. The molecule has 136 valence electrons. The summed E-state index contributed by atoms with van der Waals surface area (Å²) in [5.74, 6) is 0.187. The summed E-state index contributed by atoms with van der Waals surface area (Å²) in [6, 6.07) is 9.75. The monoisotopic (exact) mass is 376 g/mol. The largest absolute Gasteiger partial charge is 0.493 e.